The summed E-state index contributed by atoms with van der Waals surface area (Å²) in [5, 5.41) is 18.0. The Balaban J connectivity index is 1.94. The number of amides is 1. The van der Waals surface area contributed by atoms with Gasteiger partial charge in [0.15, 0.2) is 0 Å². The maximum atomic E-state index is 11.9. The van der Waals surface area contributed by atoms with Crippen molar-refractivity contribution in [3.8, 4) is 11.8 Å². The van der Waals surface area contributed by atoms with Crippen LogP contribution in [0.15, 0.2) is 30.5 Å². The number of H-pyrrole nitrogens is 1. The van der Waals surface area contributed by atoms with Crippen molar-refractivity contribution in [2.45, 2.75) is 13.5 Å². The van der Waals surface area contributed by atoms with E-state index >= 15 is 0 Å². The van der Waals surface area contributed by atoms with Gasteiger partial charge in [0.05, 0.1) is 11.8 Å². The average Bonchev–Trinajstić information content (AvgIpc) is 2.90. The number of carbonyl (C=O) groups excluding carboxylic acids is 1. The van der Waals surface area contributed by atoms with E-state index in [1.807, 2.05) is 24.3 Å². The Labute approximate surface area is 117 Å². The van der Waals surface area contributed by atoms with Crippen LogP contribution in [0.4, 0.5) is 0 Å². The Kier molecular flexibility index (Phi) is 4.53. The van der Waals surface area contributed by atoms with Gasteiger partial charge in [0.2, 0.25) is 0 Å². The summed E-state index contributed by atoms with van der Waals surface area (Å²) in [6, 6.07) is 7.49. The van der Waals surface area contributed by atoms with Crippen molar-refractivity contribution in [2.24, 2.45) is 0 Å². The Bertz CT molecular complexity index is 648. The second-order valence-electron chi connectivity index (χ2n) is 4.25. The summed E-state index contributed by atoms with van der Waals surface area (Å²) >= 11 is 0. The monoisotopic (exact) mass is 269 g/mol. The second-order valence-corrected chi connectivity index (χ2v) is 4.25. The number of aryl methyl sites for hydroxylation is 1. The summed E-state index contributed by atoms with van der Waals surface area (Å²) in [7, 11) is 0. The molecule has 0 saturated carbocycles. The van der Waals surface area contributed by atoms with Crippen LogP contribution in [-0.4, -0.2) is 27.8 Å². The first-order valence-electron chi connectivity index (χ1n) is 6.17. The molecule has 1 heterocycles. The number of benzene rings is 1. The maximum Gasteiger partial charge on any atom is 0.255 e. The van der Waals surface area contributed by atoms with Crippen molar-refractivity contribution in [3.05, 3.63) is 52.8 Å². The van der Waals surface area contributed by atoms with Crippen LogP contribution >= 0.6 is 0 Å². The van der Waals surface area contributed by atoms with Crippen molar-refractivity contribution in [1.82, 2.24) is 15.5 Å². The van der Waals surface area contributed by atoms with Crippen LogP contribution in [-0.2, 0) is 6.54 Å². The van der Waals surface area contributed by atoms with Crippen molar-refractivity contribution in [2.75, 3.05) is 6.61 Å². The van der Waals surface area contributed by atoms with Crippen LogP contribution in [0.3, 0.4) is 0 Å². The molecule has 0 aliphatic carbocycles. The predicted molar refractivity (Wildman–Crippen MR) is 74.9 cm³/mol. The van der Waals surface area contributed by atoms with Crippen LogP contribution in [0, 0.1) is 18.8 Å². The third kappa shape index (κ3) is 3.46. The first kappa shape index (κ1) is 13.8. The molecular formula is C15H15N3O2. The van der Waals surface area contributed by atoms with Crippen molar-refractivity contribution in [3.63, 3.8) is 0 Å². The fraction of sp³-hybridized carbons (Fsp3) is 0.200. The molecule has 0 radical (unpaired) electrons. The van der Waals surface area contributed by atoms with Gasteiger partial charge in [0.1, 0.15) is 6.61 Å². The third-order valence-corrected chi connectivity index (χ3v) is 2.79. The first-order valence-corrected chi connectivity index (χ1v) is 6.17. The van der Waals surface area contributed by atoms with Gasteiger partial charge in [0, 0.05) is 17.8 Å². The molecule has 20 heavy (non-hydrogen) atoms. The number of hydrogen-bond acceptors (Lipinski definition) is 3. The molecule has 3 N–H and O–H groups in total. The molecule has 0 atom stereocenters. The number of aromatic nitrogens is 2. The number of aromatic amines is 1. The number of aliphatic hydroxyl groups is 1. The third-order valence-electron chi connectivity index (χ3n) is 2.79. The Hall–Kier alpha value is -2.58. The fourth-order valence-corrected chi connectivity index (χ4v) is 1.70. The number of nitrogens with zero attached hydrogens (tertiary/aromatic N) is 1. The topological polar surface area (TPSA) is 78.0 Å². The van der Waals surface area contributed by atoms with Crippen LogP contribution in [0.2, 0.25) is 0 Å². The summed E-state index contributed by atoms with van der Waals surface area (Å²) < 4.78 is 0. The summed E-state index contributed by atoms with van der Waals surface area (Å²) in [6.07, 6.45) is 1.51. The molecule has 0 aliphatic rings. The zero-order chi connectivity index (χ0) is 14.4. The Morgan fingerprint density at radius 3 is 2.75 bits per heavy atom. The summed E-state index contributed by atoms with van der Waals surface area (Å²) in [6.45, 7) is 2.09. The zero-order valence-electron chi connectivity index (χ0n) is 11.1. The molecule has 102 valence electrons. The van der Waals surface area contributed by atoms with E-state index in [0.717, 1.165) is 16.8 Å². The predicted octanol–water partition coefficient (Wildman–Crippen LogP) is 0.992. The molecule has 0 unspecified atom stereocenters. The second kappa shape index (κ2) is 6.55. The van der Waals surface area contributed by atoms with Gasteiger partial charge in [-0.05, 0) is 24.6 Å². The average molecular weight is 269 g/mol. The van der Waals surface area contributed by atoms with E-state index in [1.165, 1.54) is 6.20 Å². The lowest BCUT2D eigenvalue weighted by atomic mass is 10.1. The zero-order valence-corrected chi connectivity index (χ0v) is 11.1. The van der Waals surface area contributed by atoms with Crippen LogP contribution in [0.1, 0.15) is 27.2 Å². The molecule has 2 rings (SSSR count). The first-order chi connectivity index (χ1) is 9.70. The van der Waals surface area contributed by atoms with E-state index in [2.05, 4.69) is 27.4 Å². The Morgan fingerprint density at radius 1 is 1.40 bits per heavy atom. The fourth-order valence-electron chi connectivity index (χ4n) is 1.70. The highest BCUT2D eigenvalue weighted by molar-refractivity contribution is 5.94. The lowest BCUT2D eigenvalue weighted by Crippen LogP contribution is -2.23. The minimum Gasteiger partial charge on any atom is -0.384 e. The largest absolute Gasteiger partial charge is 0.384 e. The number of aliphatic hydroxyl groups excluding tert-OH is 1. The molecule has 0 fully saturated rings. The molecule has 1 aromatic carbocycles. The van der Waals surface area contributed by atoms with Gasteiger partial charge in [-0.1, -0.05) is 24.0 Å². The van der Waals surface area contributed by atoms with E-state index in [9.17, 15) is 4.79 Å². The molecule has 0 spiro atoms. The molecule has 1 amide bonds. The van der Waals surface area contributed by atoms with Gasteiger partial charge >= 0.3 is 0 Å². The van der Waals surface area contributed by atoms with E-state index in [-0.39, 0.29) is 12.5 Å². The minimum atomic E-state index is -0.152. The van der Waals surface area contributed by atoms with Crippen molar-refractivity contribution in [1.29, 1.82) is 0 Å². The minimum absolute atomic E-state index is 0.151. The highest BCUT2D eigenvalue weighted by Crippen LogP contribution is 2.05. The number of nitrogens with one attached hydrogen (secondary N) is 2. The molecule has 1 aromatic heterocycles. The standard InChI is InChI=1S/C15H15N3O2/c1-11-14(10-17-18-11)15(20)16-9-13-6-4-12(5-7-13)3-2-8-19/h4-7,10,19H,8-9H2,1H3,(H,16,20)(H,17,18). The molecule has 5 nitrogen and oxygen atoms in total. The summed E-state index contributed by atoms with van der Waals surface area (Å²) in [4.78, 5) is 11.9. The molecular weight excluding hydrogens is 254 g/mol. The van der Waals surface area contributed by atoms with Gasteiger partial charge < -0.3 is 10.4 Å². The van der Waals surface area contributed by atoms with Gasteiger partial charge in [-0.25, -0.2) is 0 Å². The molecule has 0 saturated heterocycles. The van der Waals surface area contributed by atoms with Gasteiger partial charge in [0.25, 0.3) is 5.91 Å². The van der Waals surface area contributed by atoms with E-state index in [1.54, 1.807) is 6.92 Å². The van der Waals surface area contributed by atoms with Gasteiger partial charge in [-0.15, -0.1) is 0 Å². The molecule has 0 bridgehead atoms. The van der Waals surface area contributed by atoms with Crippen molar-refractivity contribution >= 4 is 5.91 Å². The van der Waals surface area contributed by atoms with E-state index in [4.69, 9.17) is 5.11 Å². The Morgan fingerprint density at radius 2 is 2.15 bits per heavy atom. The van der Waals surface area contributed by atoms with Crippen molar-refractivity contribution < 1.29 is 9.90 Å². The lowest BCUT2D eigenvalue weighted by molar-refractivity contribution is 0.0950. The molecule has 2 aromatic rings. The van der Waals surface area contributed by atoms with Crippen LogP contribution in [0.25, 0.3) is 0 Å². The van der Waals surface area contributed by atoms with Gasteiger partial charge in [-0.3, -0.25) is 9.89 Å². The van der Waals surface area contributed by atoms with E-state index < -0.39 is 0 Å². The quantitative estimate of drug-likeness (QED) is 0.727. The summed E-state index contributed by atoms with van der Waals surface area (Å²) in [5.41, 5.74) is 3.11. The highest BCUT2D eigenvalue weighted by atomic mass is 16.2. The normalized spacial score (nSPS) is 9.70. The molecule has 0 aliphatic heterocycles. The summed E-state index contributed by atoms with van der Waals surface area (Å²) in [5.74, 6) is 5.25. The number of hydrogen-bond donors (Lipinski definition) is 3. The smallest absolute Gasteiger partial charge is 0.255 e. The number of carbonyl (C=O) groups is 1. The van der Waals surface area contributed by atoms with E-state index in [0.29, 0.717) is 12.1 Å². The van der Waals surface area contributed by atoms with Crippen LogP contribution < -0.4 is 5.32 Å². The molecule has 5 heteroatoms. The van der Waals surface area contributed by atoms with Gasteiger partial charge in [-0.2, -0.15) is 5.10 Å². The van der Waals surface area contributed by atoms with Crippen LogP contribution in [0.5, 0.6) is 0 Å². The lowest BCUT2D eigenvalue weighted by Gasteiger charge is -2.04. The highest BCUT2D eigenvalue weighted by Gasteiger charge is 2.09. The number of rotatable bonds is 3. The maximum absolute atomic E-state index is 11.9. The SMILES string of the molecule is Cc1[nH]ncc1C(=O)NCc1ccc(C#CCO)cc1.